The molecule has 0 amide bonds. The average molecular weight is 316 g/mol. The van der Waals surface area contributed by atoms with Crippen molar-refractivity contribution in [3.8, 4) is 0 Å². The number of fused-ring (bicyclic) bond motifs is 1. The zero-order valence-electron chi connectivity index (χ0n) is 11.8. The Kier molecular flexibility index (Phi) is 2.95. The van der Waals surface area contributed by atoms with Crippen molar-refractivity contribution in [1.82, 2.24) is 0 Å². The van der Waals surface area contributed by atoms with Gasteiger partial charge in [-0.15, -0.1) is 0 Å². The van der Waals surface area contributed by atoms with Crippen molar-refractivity contribution in [3.05, 3.63) is 0 Å². The molecule has 22 heavy (non-hydrogen) atoms. The van der Waals surface area contributed by atoms with Gasteiger partial charge < -0.3 is 39.4 Å². The Morgan fingerprint density at radius 2 is 1.73 bits per heavy atom. The summed E-state index contributed by atoms with van der Waals surface area (Å²) in [5.41, 5.74) is 0. The van der Waals surface area contributed by atoms with E-state index in [1.807, 2.05) is 0 Å². The minimum absolute atomic E-state index is 0.109. The molecular weight excluding hydrogens is 296 g/mol. The number of hydrogen-bond donors (Lipinski definition) is 4. The molecule has 0 aromatic carbocycles. The number of aliphatic hydroxyl groups excluding tert-OH is 4. The molecule has 8 heteroatoms. The molecule has 12 atom stereocenters. The van der Waals surface area contributed by atoms with Gasteiger partial charge in [-0.3, -0.25) is 0 Å². The fourth-order valence-corrected chi connectivity index (χ4v) is 4.64. The summed E-state index contributed by atoms with van der Waals surface area (Å²) in [6.45, 7) is 0.116. The second-order valence-corrected chi connectivity index (χ2v) is 6.98. The lowest BCUT2D eigenvalue weighted by Gasteiger charge is -2.49. The number of ether oxygens (including phenoxy) is 4. The lowest BCUT2D eigenvalue weighted by molar-refractivity contribution is -0.335. The molecule has 4 N–H and O–H groups in total. The SMILES string of the molecule is OCC1OC(OC2C3COC4C5OC3C2C45)C(O)C(O)C1O. The second kappa shape index (κ2) is 4.61. The third kappa shape index (κ3) is 1.64. The van der Waals surface area contributed by atoms with E-state index in [9.17, 15) is 20.4 Å². The Morgan fingerprint density at radius 3 is 2.50 bits per heavy atom. The van der Waals surface area contributed by atoms with Crippen molar-refractivity contribution < 1.29 is 39.4 Å². The van der Waals surface area contributed by atoms with E-state index in [1.54, 1.807) is 0 Å². The summed E-state index contributed by atoms with van der Waals surface area (Å²) in [4.78, 5) is 0. The van der Waals surface area contributed by atoms with Gasteiger partial charge in [0.1, 0.15) is 24.4 Å². The molecule has 0 spiro atoms. The van der Waals surface area contributed by atoms with E-state index < -0.39 is 37.3 Å². The molecule has 4 aliphatic heterocycles. The Hall–Kier alpha value is -0.320. The van der Waals surface area contributed by atoms with E-state index in [1.165, 1.54) is 0 Å². The minimum Gasteiger partial charge on any atom is -0.394 e. The van der Waals surface area contributed by atoms with E-state index in [0.717, 1.165) is 0 Å². The van der Waals surface area contributed by atoms with Gasteiger partial charge in [-0.1, -0.05) is 0 Å². The first-order chi connectivity index (χ1) is 10.6. The molecule has 6 fully saturated rings. The molecule has 124 valence electrons. The molecule has 2 aliphatic carbocycles. The highest BCUT2D eigenvalue weighted by Crippen LogP contribution is 2.64. The molecule has 4 saturated heterocycles. The van der Waals surface area contributed by atoms with E-state index in [0.29, 0.717) is 12.5 Å². The highest BCUT2D eigenvalue weighted by molar-refractivity contribution is 5.22. The molecule has 0 aromatic rings. The van der Waals surface area contributed by atoms with Crippen LogP contribution in [-0.2, 0) is 18.9 Å². The van der Waals surface area contributed by atoms with Gasteiger partial charge in [-0.05, 0) is 0 Å². The van der Waals surface area contributed by atoms with Crippen LogP contribution in [0.2, 0.25) is 0 Å². The minimum atomic E-state index is -1.41. The van der Waals surface area contributed by atoms with Crippen LogP contribution in [0.3, 0.4) is 0 Å². The van der Waals surface area contributed by atoms with Crippen LogP contribution in [0.4, 0.5) is 0 Å². The fraction of sp³-hybridized carbons (Fsp3) is 1.00. The summed E-state index contributed by atoms with van der Waals surface area (Å²) >= 11 is 0. The molecule has 6 rings (SSSR count). The van der Waals surface area contributed by atoms with Crippen LogP contribution in [0.5, 0.6) is 0 Å². The van der Waals surface area contributed by atoms with Crippen LogP contribution >= 0.6 is 0 Å². The smallest absolute Gasteiger partial charge is 0.186 e. The maximum atomic E-state index is 10.1. The van der Waals surface area contributed by atoms with Gasteiger partial charge in [0, 0.05) is 17.8 Å². The highest BCUT2D eigenvalue weighted by Gasteiger charge is 2.76. The Labute approximate surface area is 126 Å². The zero-order chi connectivity index (χ0) is 15.2. The normalized spacial score (nSPS) is 64.9. The first-order valence-electron chi connectivity index (χ1n) is 7.85. The molecule has 8 nitrogen and oxygen atoms in total. The molecule has 12 unspecified atom stereocenters. The van der Waals surface area contributed by atoms with Crippen molar-refractivity contribution in [2.45, 2.75) is 55.1 Å². The molecule has 5 bridgehead atoms. The maximum Gasteiger partial charge on any atom is 0.186 e. The molecule has 2 saturated carbocycles. The van der Waals surface area contributed by atoms with Crippen molar-refractivity contribution in [2.75, 3.05) is 13.2 Å². The Morgan fingerprint density at radius 1 is 0.909 bits per heavy atom. The standard InChI is InChI=1S/C14H20O8/c15-1-4-7(16)8(17)9(18)14(20-4)22-11-3-2-19-12-6-5(11)10(3)21-13(6)12/h3-18H,1-2H2. The predicted octanol–water partition coefficient (Wildman–Crippen LogP) is -2.79. The van der Waals surface area contributed by atoms with Crippen LogP contribution in [0.25, 0.3) is 0 Å². The third-order valence-electron chi connectivity index (χ3n) is 5.92. The van der Waals surface area contributed by atoms with Gasteiger partial charge in [-0.25, -0.2) is 0 Å². The van der Waals surface area contributed by atoms with Crippen LogP contribution < -0.4 is 0 Å². The molecule has 0 radical (unpaired) electrons. The number of hydrogen-bond acceptors (Lipinski definition) is 8. The van der Waals surface area contributed by atoms with Gasteiger partial charge in [-0.2, -0.15) is 0 Å². The zero-order valence-corrected chi connectivity index (χ0v) is 11.8. The average Bonchev–Trinajstić information content (AvgIpc) is 3.17. The maximum absolute atomic E-state index is 10.1. The van der Waals surface area contributed by atoms with E-state index >= 15 is 0 Å². The van der Waals surface area contributed by atoms with Gasteiger partial charge in [0.15, 0.2) is 6.29 Å². The summed E-state index contributed by atoms with van der Waals surface area (Å²) in [5, 5.41) is 38.9. The number of aliphatic hydroxyl groups is 4. The lowest BCUT2D eigenvalue weighted by Crippen LogP contribution is -2.63. The van der Waals surface area contributed by atoms with Crippen molar-refractivity contribution >= 4 is 0 Å². The summed E-state index contributed by atoms with van der Waals surface area (Å²) in [6.07, 6.45) is -5.77. The van der Waals surface area contributed by atoms with E-state index in [2.05, 4.69) is 0 Å². The topological polar surface area (TPSA) is 118 Å². The van der Waals surface area contributed by atoms with Crippen molar-refractivity contribution in [1.29, 1.82) is 0 Å². The summed E-state index contributed by atoms with van der Waals surface area (Å²) in [6, 6.07) is 0. The number of rotatable bonds is 3. The summed E-state index contributed by atoms with van der Waals surface area (Å²) in [5.74, 6) is 0.714. The Bertz CT molecular complexity index is 466. The largest absolute Gasteiger partial charge is 0.394 e. The van der Waals surface area contributed by atoms with Gasteiger partial charge in [0.25, 0.3) is 0 Å². The third-order valence-corrected chi connectivity index (χ3v) is 5.92. The quantitative estimate of drug-likeness (QED) is 0.441. The van der Waals surface area contributed by atoms with E-state index in [-0.39, 0.29) is 36.3 Å². The van der Waals surface area contributed by atoms with Crippen LogP contribution in [0, 0.1) is 17.8 Å². The van der Waals surface area contributed by atoms with Crippen LogP contribution in [0.1, 0.15) is 0 Å². The van der Waals surface area contributed by atoms with Crippen LogP contribution in [0.15, 0.2) is 0 Å². The van der Waals surface area contributed by atoms with E-state index in [4.69, 9.17) is 18.9 Å². The molecule has 6 aliphatic rings. The first-order valence-corrected chi connectivity index (χ1v) is 7.85. The van der Waals surface area contributed by atoms with Gasteiger partial charge >= 0.3 is 0 Å². The van der Waals surface area contributed by atoms with Crippen LogP contribution in [-0.4, -0.2) is 88.8 Å². The molecule has 4 heterocycles. The summed E-state index contributed by atoms with van der Waals surface area (Å²) < 4.78 is 23.0. The Balaban J connectivity index is 1.32. The fourth-order valence-electron chi connectivity index (χ4n) is 4.64. The van der Waals surface area contributed by atoms with Gasteiger partial charge in [0.05, 0.1) is 37.6 Å². The molecule has 0 aromatic heterocycles. The van der Waals surface area contributed by atoms with Crippen molar-refractivity contribution in [2.24, 2.45) is 17.8 Å². The molecular formula is C14H20O8. The summed E-state index contributed by atoms with van der Waals surface area (Å²) in [7, 11) is 0. The monoisotopic (exact) mass is 316 g/mol. The second-order valence-electron chi connectivity index (χ2n) is 6.98. The first kappa shape index (κ1) is 14.1. The van der Waals surface area contributed by atoms with Gasteiger partial charge in [0.2, 0.25) is 0 Å². The predicted molar refractivity (Wildman–Crippen MR) is 67.5 cm³/mol. The van der Waals surface area contributed by atoms with Crippen molar-refractivity contribution in [3.63, 3.8) is 0 Å². The highest BCUT2D eigenvalue weighted by atomic mass is 16.7. The lowest BCUT2D eigenvalue weighted by atomic mass is 9.68.